The van der Waals surface area contributed by atoms with E-state index in [-0.39, 0.29) is 18.2 Å². The normalized spacial score (nSPS) is 20.1. The Kier molecular flexibility index (Phi) is 5.95. The molecule has 10 heteroatoms. The zero-order valence-electron chi connectivity index (χ0n) is 13.7. The summed E-state index contributed by atoms with van der Waals surface area (Å²) in [5.41, 5.74) is 6.47. The summed E-state index contributed by atoms with van der Waals surface area (Å²) < 4.78 is 6.23. The summed E-state index contributed by atoms with van der Waals surface area (Å²) in [5, 5.41) is 17.7. The van der Waals surface area contributed by atoms with Crippen LogP contribution < -0.4 is 26.4 Å². The van der Waals surface area contributed by atoms with Crippen molar-refractivity contribution in [2.75, 3.05) is 23.4 Å². The number of hydrogen-bond donors (Lipinski definition) is 4. The van der Waals surface area contributed by atoms with Crippen LogP contribution in [0.4, 0.5) is 10.8 Å². The Balaban J connectivity index is 1.53. The monoisotopic (exact) mass is 380 g/mol. The number of nitrogens with zero attached hydrogens (tertiary/aromatic N) is 2. The van der Waals surface area contributed by atoms with E-state index in [0.717, 1.165) is 15.8 Å². The van der Waals surface area contributed by atoms with E-state index in [2.05, 4.69) is 26.1 Å². The molecule has 1 saturated heterocycles. The second kappa shape index (κ2) is 8.37. The van der Waals surface area contributed by atoms with Crippen molar-refractivity contribution in [3.05, 3.63) is 24.3 Å². The largest absolute Gasteiger partial charge is 0.494 e. The Morgan fingerprint density at radius 1 is 1.40 bits per heavy atom. The van der Waals surface area contributed by atoms with Crippen LogP contribution in [0.5, 0.6) is 5.75 Å². The van der Waals surface area contributed by atoms with Crippen molar-refractivity contribution in [2.45, 2.75) is 30.0 Å². The van der Waals surface area contributed by atoms with Gasteiger partial charge in [0.2, 0.25) is 11.0 Å². The van der Waals surface area contributed by atoms with E-state index in [1.807, 2.05) is 31.2 Å². The Labute approximate surface area is 153 Å². The summed E-state index contributed by atoms with van der Waals surface area (Å²) in [6, 6.07) is 7.65. The maximum atomic E-state index is 12.0. The minimum atomic E-state index is -0.329. The maximum Gasteiger partial charge on any atom is 0.224 e. The van der Waals surface area contributed by atoms with Gasteiger partial charge in [0, 0.05) is 23.9 Å². The van der Waals surface area contributed by atoms with Crippen molar-refractivity contribution in [1.29, 1.82) is 0 Å². The summed E-state index contributed by atoms with van der Waals surface area (Å²) in [7, 11) is 0. The van der Waals surface area contributed by atoms with Crippen molar-refractivity contribution in [2.24, 2.45) is 0 Å². The molecule has 2 atom stereocenters. The molecule has 134 valence electrons. The molecule has 0 spiro atoms. The highest BCUT2D eigenvalue weighted by Gasteiger charge is 2.26. The molecule has 5 N–H and O–H groups in total. The van der Waals surface area contributed by atoms with Crippen molar-refractivity contribution in [3.8, 4) is 5.75 Å². The van der Waals surface area contributed by atoms with Crippen LogP contribution in [-0.2, 0) is 4.79 Å². The minimum Gasteiger partial charge on any atom is -0.494 e. The van der Waals surface area contributed by atoms with E-state index >= 15 is 0 Å². The van der Waals surface area contributed by atoms with Gasteiger partial charge in [-0.15, -0.1) is 10.2 Å². The van der Waals surface area contributed by atoms with Crippen LogP contribution in [0.15, 0.2) is 28.6 Å². The van der Waals surface area contributed by atoms with Crippen LogP contribution >= 0.6 is 23.1 Å². The molecule has 0 bridgehead atoms. The average Bonchev–Trinajstić information content (AvgIpc) is 3.00. The van der Waals surface area contributed by atoms with Crippen LogP contribution in [-0.4, -0.2) is 40.8 Å². The summed E-state index contributed by atoms with van der Waals surface area (Å²) >= 11 is 2.89. The predicted octanol–water partition coefficient (Wildman–Crippen LogP) is 1.48. The van der Waals surface area contributed by atoms with E-state index in [0.29, 0.717) is 23.9 Å². The average molecular weight is 380 g/mol. The first-order valence-electron chi connectivity index (χ1n) is 7.89. The number of nitrogens with two attached hydrogens (primary N) is 1. The Morgan fingerprint density at radius 3 is 2.88 bits per heavy atom. The molecule has 25 heavy (non-hydrogen) atoms. The van der Waals surface area contributed by atoms with Gasteiger partial charge in [0.25, 0.3) is 0 Å². The number of carbonyl (C=O) groups excluding carboxylic acids is 1. The highest BCUT2D eigenvalue weighted by atomic mass is 32.2. The number of carbonyl (C=O) groups is 1. The van der Waals surface area contributed by atoms with Gasteiger partial charge in [-0.25, -0.2) is 0 Å². The van der Waals surface area contributed by atoms with Gasteiger partial charge in [0.05, 0.1) is 6.61 Å². The van der Waals surface area contributed by atoms with Gasteiger partial charge in [-0.3, -0.25) is 10.1 Å². The SMILES string of the molecule is CCOc1ccc(NC2NC(=O)CC(CSc3nnc(N)s3)N2)cc1. The lowest BCUT2D eigenvalue weighted by molar-refractivity contribution is -0.123. The molecule has 0 radical (unpaired) electrons. The summed E-state index contributed by atoms with van der Waals surface area (Å²) in [4.78, 5) is 12.0. The molecule has 2 heterocycles. The molecule has 1 amide bonds. The summed E-state index contributed by atoms with van der Waals surface area (Å²) in [5.74, 6) is 1.53. The Morgan fingerprint density at radius 2 is 2.20 bits per heavy atom. The molecule has 0 aliphatic carbocycles. The number of anilines is 2. The molecule has 8 nitrogen and oxygen atoms in total. The molecule has 1 aromatic carbocycles. The number of rotatable bonds is 7. The third kappa shape index (κ3) is 5.21. The first kappa shape index (κ1) is 17.8. The molecular weight excluding hydrogens is 360 g/mol. The molecule has 1 aromatic heterocycles. The Hall–Kier alpha value is -2.04. The smallest absolute Gasteiger partial charge is 0.224 e. The van der Waals surface area contributed by atoms with E-state index in [1.165, 1.54) is 11.3 Å². The standard InChI is InChI=1S/C15H20N6O2S2/c1-2-23-11-5-3-9(4-6-11)17-14-18-10(7-12(22)19-14)8-24-15-21-20-13(16)25-15/h3-6,10,14,17-18H,2,7-8H2,1H3,(H2,16,20)(H,19,22). The predicted molar refractivity (Wildman–Crippen MR) is 99.8 cm³/mol. The number of hydrogen-bond acceptors (Lipinski definition) is 9. The fourth-order valence-electron chi connectivity index (χ4n) is 2.40. The first-order chi connectivity index (χ1) is 12.1. The van der Waals surface area contributed by atoms with Crippen molar-refractivity contribution in [3.63, 3.8) is 0 Å². The lowest BCUT2D eigenvalue weighted by Crippen LogP contribution is -2.60. The number of nitrogen functional groups attached to an aromatic ring is 1. The minimum absolute atomic E-state index is 0.00423. The third-order valence-corrected chi connectivity index (χ3v) is 5.49. The fourth-order valence-corrected chi connectivity index (χ4v) is 4.09. The highest BCUT2D eigenvalue weighted by molar-refractivity contribution is 8.01. The van der Waals surface area contributed by atoms with E-state index in [4.69, 9.17) is 10.5 Å². The topological polar surface area (TPSA) is 114 Å². The van der Waals surface area contributed by atoms with Gasteiger partial charge in [0.15, 0.2) is 10.6 Å². The second-order valence-corrected chi connectivity index (χ2v) is 7.66. The number of thioether (sulfide) groups is 1. The van der Waals surface area contributed by atoms with E-state index in [1.54, 1.807) is 11.8 Å². The lowest BCUT2D eigenvalue weighted by atomic mass is 10.2. The zero-order chi connectivity index (χ0) is 17.6. The van der Waals surface area contributed by atoms with Crippen LogP contribution in [0.2, 0.25) is 0 Å². The number of nitrogens with one attached hydrogen (secondary N) is 3. The first-order valence-corrected chi connectivity index (χ1v) is 9.69. The summed E-state index contributed by atoms with van der Waals surface area (Å²) in [6.07, 6.45) is 0.0900. The van der Waals surface area contributed by atoms with Crippen LogP contribution in [0.1, 0.15) is 13.3 Å². The van der Waals surface area contributed by atoms with Crippen molar-refractivity contribution in [1.82, 2.24) is 20.8 Å². The molecular formula is C15H20N6O2S2. The molecule has 1 fully saturated rings. The molecule has 1 aliphatic rings. The number of amides is 1. The van der Waals surface area contributed by atoms with Crippen molar-refractivity contribution < 1.29 is 9.53 Å². The molecule has 2 aromatic rings. The van der Waals surface area contributed by atoms with Gasteiger partial charge < -0.3 is 21.1 Å². The molecule has 2 unspecified atom stereocenters. The van der Waals surface area contributed by atoms with Gasteiger partial charge in [-0.1, -0.05) is 23.1 Å². The third-order valence-electron chi connectivity index (χ3n) is 3.45. The zero-order valence-corrected chi connectivity index (χ0v) is 15.3. The Bertz CT molecular complexity index is 708. The van der Waals surface area contributed by atoms with Crippen LogP contribution in [0.3, 0.4) is 0 Å². The lowest BCUT2D eigenvalue weighted by Gasteiger charge is -2.32. The summed E-state index contributed by atoms with van der Waals surface area (Å²) in [6.45, 7) is 2.58. The number of ether oxygens (including phenoxy) is 1. The molecule has 1 aliphatic heterocycles. The fraction of sp³-hybridized carbons (Fsp3) is 0.400. The second-order valence-electron chi connectivity index (χ2n) is 5.39. The van der Waals surface area contributed by atoms with Gasteiger partial charge in [0.1, 0.15) is 5.75 Å². The van der Waals surface area contributed by atoms with E-state index < -0.39 is 0 Å². The van der Waals surface area contributed by atoms with Gasteiger partial charge in [-0.2, -0.15) is 0 Å². The number of aromatic nitrogens is 2. The van der Waals surface area contributed by atoms with Crippen LogP contribution in [0, 0.1) is 0 Å². The quantitative estimate of drug-likeness (QED) is 0.534. The maximum absolute atomic E-state index is 12.0. The van der Waals surface area contributed by atoms with Gasteiger partial charge >= 0.3 is 0 Å². The molecule has 3 rings (SSSR count). The van der Waals surface area contributed by atoms with Crippen LogP contribution in [0.25, 0.3) is 0 Å². The van der Waals surface area contributed by atoms with Crippen molar-refractivity contribution >= 4 is 39.8 Å². The highest BCUT2D eigenvalue weighted by Crippen LogP contribution is 2.25. The molecule has 0 saturated carbocycles. The van der Waals surface area contributed by atoms with Gasteiger partial charge in [-0.05, 0) is 31.2 Å². The number of benzene rings is 1. The van der Waals surface area contributed by atoms with E-state index in [9.17, 15) is 4.79 Å².